The molecule has 0 radical (unpaired) electrons. The summed E-state index contributed by atoms with van der Waals surface area (Å²) in [6.07, 6.45) is -59.3. The summed E-state index contributed by atoms with van der Waals surface area (Å²) < 4.78 is 353. The molecule has 0 N–H and O–H groups in total. The van der Waals surface area contributed by atoms with E-state index < -0.39 is 163 Å². The lowest BCUT2D eigenvalue weighted by Crippen LogP contribution is -2.74. The molecule has 29 heteroatoms. The summed E-state index contributed by atoms with van der Waals surface area (Å²) in [5.41, 5.74) is -45.5. The van der Waals surface area contributed by atoms with Gasteiger partial charge >= 0.3 is 60.5 Å². The van der Waals surface area contributed by atoms with Crippen LogP contribution >= 0.6 is 0 Å². The molecule has 0 rings (SSSR count). The van der Waals surface area contributed by atoms with E-state index in [2.05, 4.69) is 18.9 Å². The molecule has 0 spiro atoms. The van der Waals surface area contributed by atoms with E-state index in [0.29, 0.717) is 0 Å². The fourth-order valence-corrected chi connectivity index (χ4v) is 4.46. The largest absolute Gasteiger partial charge is 0.448 e. The molecule has 4 atom stereocenters. The molecule has 0 heterocycles. The van der Waals surface area contributed by atoms with Gasteiger partial charge in [-0.1, -0.05) is 0 Å². The van der Waals surface area contributed by atoms with E-state index in [1.165, 1.54) is 0 Å². The molecular formula is C26H28F24O5. The predicted octanol–water partition coefficient (Wildman–Crippen LogP) is 10.8. The van der Waals surface area contributed by atoms with Crippen LogP contribution in [0.5, 0.6) is 0 Å². The zero-order valence-electron chi connectivity index (χ0n) is 28.7. The SMILES string of the molecule is CC(C)(OC(F)(F)C(F)(C(F)(F)F)C(C)(C)OC(F)(F)C(F)(F)OC(C)(C)[C@](F)(C(F)(F)F)C(F)(F)OC(C)(C)C(F)(C=O)C(F)(F)F)C(C)(F)C(F)(F)F. The first-order chi connectivity index (χ1) is 23.1. The topological polar surface area (TPSA) is 54.0 Å². The van der Waals surface area contributed by atoms with Gasteiger partial charge in [0.1, 0.15) is 22.4 Å². The van der Waals surface area contributed by atoms with Crippen LogP contribution in [0.1, 0.15) is 62.3 Å². The summed E-state index contributed by atoms with van der Waals surface area (Å²) in [6.45, 7) is -6.51. The molecule has 0 saturated carbocycles. The maximum absolute atomic E-state index is 15.6. The van der Waals surface area contributed by atoms with Crippen LogP contribution in [0.2, 0.25) is 0 Å². The molecule has 0 bridgehead atoms. The normalized spacial score (nSPS) is 20.3. The van der Waals surface area contributed by atoms with E-state index in [4.69, 9.17) is 0 Å². The third-order valence-electron chi connectivity index (χ3n) is 8.23. The minimum atomic E-state index is -7.60. The van der Waals surface area contributed by atoms with Gasteiger partial charge < -0.3 is 18.9 Å². The molecular weight excluding hydrogens is 848 g/mol. The van der Waals surface area contributed by atoms with Crippen molar-refractivity contribution in [1.82, 2.24) is 0 Å². The van der Waals surface area contributed by atoms with Crippen LogP contribution in [0.4, 0.5) is 105 Å². The number of carbonyl (C=O) groups is 1. The Morgan fingerprint density at radius 1 is 0.309 bits per heavy atom. The summed E-state index contributed by atoms with van der Waals surface area (Å²) >= 11 is 0. The van der Waals surface area contributed by atoms with Crippen molar-refractivity contribution in [1.29, 1.82) is 0 Å². The Hall–Kier alpha value is -2.17. The lowest BCUT2D eigenvalue weighted by Gasteiger charge is -2.50. The summed E-state index contributed by atoms with van der Waals surface area (Å²) in [5.74, 6) is 0. The van der Waals surface area contributed by atoms with E-state index in [1.807, 2.05) is 0 Å². The number of halogens is 24. The van der Waals surface area contributed by atoms with Gasteiger partial charge in [-0.15, -0.1) is 0 Å². The van der Waals surface area contributed by atoms with E-state index in [1.54, 1.807) is 0 Å². The Balaban J connectivity index is 7.42. The fraction of sp³-hybridized carbons (Fsp3) is 0.962. The molecule has 0 aliphatic heterocycles. The number of rotatable bonds is 16. The number of hydrogen-bond acceptors (Lipinski definition) is 5. The van der Waals surface area contributed by atoms with Gasteiger partial charge in [-0.25, -0.2) is 17.6 Å². The monoisotopic (exact) mass is 876 g/mol. The average Bonchev–Trinajstić information content (AvgIpc) is 2.85. The fourth-order valence-electron chi connectivity index (χ4n) is 4.46. The molecule has 0 saturated heterocycles. The second kappa shape index (κ2) is 13.7. The van der Waals surface area contributed by atoms with Crippen molar-refractivity contribution in [2.45, 2.75) is 157 Å². The third-order valence-corrected chi connectivity index (χ3v) is 8.23. The molecule has 330 valence electrons. The zero-order valence-corrected chi connectivity index (χ0v) is 28.7. The van der Waals surface area contributed by atoms with E-state index >= 15 is 8.78 Å². The van der Waals surface area contributed by atoms with Gasteiger partial charge in [0.2, 0.25) is 5.67 Å². The molecule has 55 heavy (non-hydrogen) atoms. The maximum Gasteiger partial charge on any atom is 0.448 e. The van der Waals surface area contributed by atoms with Gasteiger partial charge in [0.15, 0.2) is 6.29 Å². The highest BCUT2D eigenvalue weighted by atomic mass is 19.4. The van der Waals surface area contributed by atoms with Gasteiger partial charge in [-0.2, -0.15) is 87.8 Å². The zero-order chi connectivity index (χ0) is 45.5. The van der Waals surface area contributed by atoms with Gasteiger partial charge in [0, 0.05) is 0 Å². The highest BCUT2D eigenvalue weighted by Gasteiger charge is 2.86. The van der Waals surface area contributed by atoms with Crippen LogP contribution in [0.3, 0.4) is 0 Å². The first-order valence-corrected chi connectivity index (χ1v) is 13.9. The summed E-state index contributed by atoms with van der Waals surface area (Å²) in [5, 5.41) is 0. The maximum atomic E-state index is 15.6. The van der Waals surface area contributed by atoms with Crippen molar-refractivity contribution in [3.05, 3.63) is 0 Å². The second-order valence-corrected chi connectivity index (χ2v) is 13.7. The van der Waals surface area contributed by atoms with Crippen LogP contribution in [-0.4, -0.2) is 101 Å². The van der Waals surface area contributed by atoms with Gasteiger partial charge in [-0.3, -0.25) is 4.79 Å². The molecule has 0 aliphatic rings. The third kappa shape index (κ3) is 8.39. The van der Waals surface area contributed by atoms with Gasteiger partial charge in [0.05, 0.1) is 0 Å². The lowest BCUT2D eigenvalue weighted by molar-refractivity contribution is -0.517. The summed E-state index contributed by atoms with van der Waals surface area (Å²) in [6, 6.07) is 0. The number of carbonyl (C=O) groups excluding carboxylic acids is 1. The van der Waals surface area contributed by atoms with Crippen LogP contribution < -0.4 is 0 Å². The standard InChI is InChI=1S/C26H28F24O5/c1-11(2,15(9,27)19(31,32)33)52-23(43,44)17(29,21(37,38)39)13(5,6)54-25(47,48)26(49,50)55-14(7,8)18(30,22(40,41)42)24(45,46)53-12(3,4)16(28,10-51)20(34,35)36/h10H,1-9H3/t15?,16?,17?,18-/m0/s1. The first kappa shape index (κ1) is 52.8. The van der Waals surface area contributed by atoms with Crippen molar-refractivity contribution in [2.75, 3.05) is 0 Å². The number of ether oxygens (including phenoxy) is 4. The highest BCUT2D eigenvalue weighted by Crippen LogP contribution is 2.61. The van der Waals surface area contributed by atoms with Crippen LogP contribution in [0.15, 0.2) is 0 Å². The molecule has 3 unspecified atom stereocenters. The number of alkyl halides is 24. The van der Waals surface area contributed by atoms with E-state index in [-0.39, 0.29) is 0 Å². The van der Waals surface area contributed by atoms with Crippen molar-refractivity contribution < 1.29 is 129 Å². The van der Waals surface area contributed by atoms with Crippen molar-refractivity contribution in [3.8, 4) is 0 Å². The van der Waals surface area contributed by atoms with Crippen LogP contribution in [-0.2, 0) is 23.7 Å². The number of aldehydes is 1. The highest BCUT2D eigenvalue weighted by molar-refractivity contribution is 5.66. The molecule has 0 aromatic carbocycles. The van der Waals surface area contributed by atoms with Crippen molar-refractivity contribution in [2.24, 2.45) is 0 Å². The first-order valence-electron chi connectivity index (χ1n) is 13.9. The smallest absolute Gasteiger partial charge is 0.308 e. The number of hydrogen-bond donors (Lipinski definition) is 0. The van der Waals surface area contributed by atoms with Gasteiger partial charge in [0.25, 0.3) is 5.67 Å². The average molecular weight is 876 g/mol. The van der Waals surface area contributed by atoms with Crippen LogP contribution in [0, 0.1) is 0 Å². The Labute approximate surface area is 292 Å². The Bertz CT molecular complexity index is 1380. The predicted molar refractivity (Wildman–Crippen MR) is 132 cm³/mol. The molecule has 0 aromatic rings. The minimum Gasteiger partial charge on any atom is -0.308 e. The molecule has 0 fully saturated rings. The molecule has 0 aliphatic carbocycles. The molecule has 0 aromatic heterocycles. The Kier molecular flexibility index (Phi) is 13.2. The summed E-state index contributed by atoms with van der Waals surface area (Å²) in [7, 11) is 0. The van der Waals surface area contributed by atoms with Crippen molar-refractivity contribution >= 4 is 6.29 Å². The quantitative estimate of drug-likeness (QED) is 0.114. The molecule has 5 nitrogen and oxygen atoms in total. The molecule has 0 amide bonds. The Morgan fingerprint density at radius 2 is 0.545 bits per heavy atom. The van der Waals surface area contributed by atoms with Crippen molar-refractivity contribution in [3.63, 3.8) is 0 Å². The lowest BCUT2D eigenvalue weighted by atomic mass is 9.83. The van der Waals surface area contributed by atoms with E-state index in [9.17, 15) is 101 Å². The van der Waals surface area contributed by atoms with Crippen LogP contribution in [0.25, 0.3) is 0 Å². The minimum absolute atomic E-state index is 0.391. The summed E-state index contributed by atoms with van der Waals surface area (Å²) in [4.78, 5) is 10.8. The second-order valence-electron chi connectivity index (χ2n) is 13.7. The van der Waals surface area contributed by atoms with Gasteiger partial charge in [-0.05, 0) is 62.3 Å². The Morgan fingerprint density at radius 3 is 0.745 bits per heavy atom. The van der Waals surface area contributed by atoms with E-state index in [0.717, 1.165) is 0 Å².